The average molecular weight is 1090 g/mol. The van der Waals surface area contributed by atoms with Crippen LogP contribution in [0.4, 0.5) is 34.1 Å². The van der Waals surface area contributed by atoms with E-state index in [4.69, 9.17) is 0 Å². The van der Waals surface area contributed by atoms with E-state index in [1.807, 2.05) is 0 Å². The van der Waals surface area contributed by atoms with Crippen molar-refractivity contribution in [2.24, 2.45) is 0 Å². The van der Waals surface area contributed by atoms with Crippen LogP contribution in [0.3, 0.4) is 0 Å². The van der Waals surface area contributed by atoms with Crippen molar-refractivity contribution in [3.05, 3.63) is 222 Å². The van der Waals surface area contributed by atoms with Crippen molar-refractivity contribution >= 4 is 57.2 Å². The van der Waals surface area contributed by atoms with Crippen molar-refractivity contribution < 1.29 is 0 Å². The molecule has 0 amide bonds. The van der Waals surface area contributed by atoms with E-state index in [0.717, 1.165) is 25.7 Å². The zero-order valence-electron chi connectivity index (χ0n) is 51.6. The second kappa shape index (κ2) is 25.2. The van der Waals surface area contributed by atoms with E-state index in [0.29, 0.717) is 0 Å². The van der Waals surface area contributed by atoms with E-state index in [9.17, 15) is 0 Å². The number of anilines is 6. The third-order valence-electron chi connectivity index (χ3n) is 18.0. The molecule has 2 aliphatic heterocycles. The van der Waals surface area contributed by atoms with Crippen molar-refractivity contribution in [1.29, 1.82) is 0 Å². The summed E-state index contributed by atoms with van der Waals surface area (Å²) in [6.07, 6.45) is 17.8. The molecule has 0 aliphatic carbocycles. The highest BCUT2D eigenvalue weighted by molar-refractivity contribution is 7.00. The Morgan fingerprint density at radius 2 is 0.614 bits per heavy atom. The second-order valence-electron chi connectivity index (χ2n) is 26.2. The molecule has 2 aliphatic rings. The van der Waals surface area contributed by atoms with E-state index in [1.165, 1.54) is 193 Å². The molecule has 3 heteroatoms. The molecule has 11 rings (SSSR count). The largest absolute Gasteiger partial charge is 0.310 e. The van der Waals surface area contributed by atoms with Crippen LogP contribution >= 0.6 is 0 Å². The van der Waals surface area contributed by atoms with Crippen molar-refractivity contribution in [2.45, 2.75) is 169 Å². The molecule has 422 valence electrons. The maximum absolute atomic E-state index is 2.79. The van der Waals surface area contributed by atoms with Gasteiger partial charge >= 0.3 is 0 Å². The lowest BCUT2D eigenvalue weighted by Gasteiger charge is -2.46. The summed E-state index contributed by atoms with van der Waals surface area (Å²) in [6, 6.07) is 76.0. The summed E-state index contributed by atoms with van der Waals surface area (Å²) in [4.78, 5) is 5.58. The molecule has 0 saturated carbocycles. The minimum Gasteiger partial charge on any atom is -0.310 e. The third-order valence-corrected chi connectivity index (χ3v) is 18.0. The van der Waals surface area contributed by atoms with Crippen LogP contribution in [0, 0.1) is 0 Å². The quantitative estimate of drug-likeness (QED) is 0.0523. The minimum atomic E-state index is -0.103. The lowest BCUT2D eigenvalue weighted by molar-refractivity contribution is 0.590. The molecule has 2 nitrogen and oxygen atoms in total. The summed E-state index contributed by atoms with van der Waals surface area (Å²) in [6.45, 7) is 21.2. The van der Waals surface area contributed by atoms with Crippen LogP contribution in [0.15, 0.2) is 194 Å². The van der Waals surface area contributed by atoms with Crippen LogP contribution in [-0.2, 0) is 30.1 Å². The van der Waals surface area contributed by atoms with Gasteiger partial charge in [-0.05, 0) is 164 Å². The van der Waals surface area contributed by atoms with E-state index < -0.39 is 0 Å². The normalized spacial score (nSPS) is 12.8. The molecule has 0 N–H and O–H groups in total. The van der Waals surface area contributed by atoms with Gasteiger partial charge in [0.1, 0.15) is 0 Å². The van der Waals surface area contributed by atoms with E-state index in [1.54, 1.807) is 0 Å². The molecule has 2 heterocycles. The van der Waals surface area contributed by atoms with Gasteiger partial charge in [0.15, 0.2) is 0 Å². The molecule has 83 heavy (non-hydrogen) atoms. The van der Waals surface area contributed by atoms with Gasteiger partial charge < -0.3 is 9.80 Å². The van der Waals surface area contributed by atoms with Gasteiger partial charge in [-0.3, -0.25) is 0 Å². The number of hydrogen-bond acceptors (Lipinski definition) is 2. The van der Waals surface area contributed by atoms with Crippen LogP contribution in [0.2, 0.25) is 0 Å². The summed E-state index contributed by atoms with van der Waals surface area (Å²) in [5, 5.41) is 0. The predicted octanol–water partition coefficient (Wildman–Crippen LogP) is 21.4. The number of unbranched alkanes of at least 4 members (excludes halogenated alkanes) is 9. The fraction of sp³-hybridized carbons (Fsp3) is 0.325. The average Bonchev–Trinajstić information content (AvgIpc) is 1.68. The molecule has 9 aromatic carbocycles. The second-order valence-corrected chi connectivity index (χ2v) is 26.2. The van der Waals surface area contributed by atoms with Gasteiger partial charge in [0.05, 0.1) is 11.4 Å². The SMILES string of the molecule is CCCCCCc1ccc2c(c1)N(c1c(-c3ccccc3)cc(C(C)(C)C)cc1-c1ccccc1)c1cc(CCCCCC)cc3c1B2c1ccc(CCCCCC)cc1N3c1c(-c2ccccc2)cc(C(C)(C)C)cc1-c1ccccc1. The van der Waals surface area contributed by atoms with Gasteiger partial charge in [-0.1, -0.05) is 266 Å². The fourth-order valence-electron chi connectivity index (χ4n) is 13.3. The number of aryl methyl sites for hydroxylation is 3. The van der Waals surface area contributed by atoms with Crippen LogP contribution in [-0.4, -0.2) is 6.71 Å². The first-order chi connectivity index (χ1) is 40.4. The summed E-state index contributed by atoms with van der Waals surface area (Å²) in [5.74, 6) is 0. The number of hydrogen-bond donors (Lipinski definition) is 0. The first-order valence-corrected chi connectivity index (χ1v) is 32.0. The van der Waals surface area contributed by atoms with Gasteiger partial charge in [0.25, 0.3) is 6.71 Å². The summed E-state index contributed by atoms with van der Waals surface area (Å²) < 4.78 is 0. The molecule has 0 bridgehead atoms. The Morgan fingerprint density at radius 3 is 0.916 bits per heavy atom. The summed E-state index contributed by atoms with van der Waals surface area (Å²) in [7, 11) is 0. The third kappa shape index (κ3) is 12.1. The van der Waals surface area contributed by atoms with Gasteiger partial charge in [-0.2, -0.15) is 0 Å². The van der Waals surface area contributed by atoms with Crippen LogP contribution < -0.4 is 26.2 Å². The Kier molecular flexibility index (Phi) is 17.5. The maximum Gasteiger partial charge on any atom is 0.252 e. The Balaban J connectivity index is 1.31. The molecule has 0 saturated heterocycles. The number of fused-ring (bicyclic) bond motifs is 4. The zero-order chi connectivity index (χ0) is 57.7. The minimum absolute atomic E-state index is 0.0154. The first kappa shape index (κ1) is 57.5. The standard InChI is InChI=1S/C80H89BN2/c1-10-13-16-23-34-57-45-47-70-72(49-57)82(77-66(60-37-26-19-27-38-60)53-64(79(4,5)6)54-67(77)61-39-28-20-29-40-61)74-51-59(36-25-18-15-12-3)52-75-76(74)81(70)71-48-46-58(35-24-17-14-11-2)50-73(71)83(75)78-68(62-41-30-21-31-42-62)55-65(80(7,8)9)56-69(78)63-43-32-22-33-44-63/h19-22,26-33,37-56H,10-18,23-25,34-36H2,1-9H3. The summed E-state index contributed by atoms with van der Waals surface area (Å²) in [5.41, 5.74) is 28.4. The highest BCUT2D eigenvalue weighted by Gasteiger charge is 2.46. The topological polar surface area (TPSA) is 6.48 Å². The van der Waals surface area contributed by atoms with Crippen LogP contribution in [0.1, 0.15) is 167 Å². The Morgan fingerprint density at radius 1 is 0.313 bits per heavy atom. The Labute approximate surface area is 500 Å². The molecule has 0 spiro atoms. The van der Waals surface area contributed by atoms with Crippen molar-refractivity contribution in [2.75, 3.05) is 9.80 Å². The zero-order valence-corrected chi connectivity index (χ0v) is 51.6. The van der Waals surface area contributed by atoms with Crippen molar-refractivity contribution in [3.63, 3.8) is 0 Å². The highest BCUT2D eigenvalue weighted by Crippen LogP contribution is 2.54. The molecule has 9 aromatic rings. The van der Waals surface area contributed by atoms with Crippen LogP contribution in [0.5, 0.6) is 0 Å². The fourth-order valence-corrected chi connectivity index (χ4v) is 13.3. The van der Waals surface area contributed by atoms with Crippen LogP contribution in [0.25, 0.3) is 44.5 Å². The van der Waals surface area contributed by atoms with Crippen molar-refractivity contribution in [1.82, 2.24) is 0 Å². The molecule has 0 radical (unpaired) electrons. The lowest BCUT2D eigenvalue weighted by atomic mass is 9.33. The predicted molar refractivity (Wildman–Crippen MR) is 363 cm³/mol. The highest BCUT2D eigenvalue weighted by atomic mass is 15.2. The lowest BCUT2D eigenvalue weighted by Crippen LogP contribution is -2.61. The monoisotopic (exact) mass is 1090 g/mol. The number of rotatable bonds is 21. The molecule has 0 fully saturated rings. The molecule has 0 unspecified atom stereocenters. The Bertz CT molecular complexity index is 3300. The van der Waals surface area contributed by atoms with Gasteiger partial charge in [-0.15, -0.1) is 0 Å². The molecule has 0 atom stereocenters. The molecular weight excluding hydrogens is 1000 g/mol. The first-order valence-electron chi connectivity index (χ1n) is 32.0. The van der Waals surface area contributed by atoms with E-state index >= 15 is 0 Å². The Hall–Kier alpha value is -7.36. The summed E-state index contributed by atoms with van der Waals surface area (Å²) >= 11 is 0. The van der Waals surface area contributed by atoms with Gasteiger partial charge in [0.2, 0.25) is 0 Å². The number of nitrogens with zero attached hydrogens (tertiary/aromatic N) is 2. The van der Waals surface area contributed by atoms with Crippen molar-refractivity contribution in [3.8, 4) is 44.5 Å². The van der Waals surface area contributed by atoms with E-state index in [-0.39, 0.29) is 17.5 Å². The molecular formula is C80H89BN2. The number of benzene rings is 9. The van der Waals surface area contributed by atoms with Gasteiger partial charge in [0, 0.05) is 45.0 Å². The van der Waals surface area contributed by atoms with Gasteiger partial charge in [-0.25, -0.2) is 0 Å². The maximum atomic E-state index is 2.79. The molecule has 0 aromatic heterocycles. The smallest absolute Gasteiger partial charge is 0.252 e. The van der Waals surface area contributed by atoms with E-state index in [2.05, 4.69) is 266 Å².